The van der Waals surface area contributed by atoms with Crippen LogP contribution in [-0.4, -0.2) is 44.0 Å². The molecule has 31 heavy (non-hydrogen) atoms. The van der Waals surface area contributed by atoms with Crippen LogP contribution in [0.3, 0.4) is 0 Å². The van der Waals surface area contributed by atoms with Crippen molar-refractivity contribution >= 4 is 53.1 Å². The highest BCUT2D eigenvalue weighted by Gasteiger charge is 2.31. The van der Waals surface area contributed by atoms with E-state index in [0.717, 1.165) is 29.9 Å². The van der Waals surface area contributed by atoms with E-state index in [9.17, 15) is 9.59 Å². The summed E-state index contributed by atoms with van der Waals surface area (Å²) in [7, 11) is 1.73. The number of halogens is 1. The third-order valence-corrected chi connectivity index (χ3v) is 5.54. The molecule has 4 rings (SSSR count). The van der Waals surface area contributed by atoms with Crippen molar-refractivity contribution < 1.29 is 9.59 Å². The first-order chi connectivity index (χ1) is 14.6. The predicted octanol–water partition coefficient (Wildman–Crippen LogP) is 2.90. The maximum Gasteiger partial charge on any atom is 0.229 e. The Balaban J connectivity index is 0.00000272. The number of amides is 2. The number of anilines is 2. The second-order valence-electron chi connectivity index (χ2n) is 7.63. The molecule has 2 heterocycles. The topological polar surface area (TPSA) is 77.0 Å². The van der Waals surface area contributed by atoms with Crippen LogP contribution < -0.4 is 20.4 Å². The van der Waals surface area contributed by atoms with E-state index in [1.807, 2.05) is 64.4 Å². The van der Waals surface area contributed by atoms with Gasteiger partial charge in [0.15, 0.2) is 5.96 Å². The van der Waals surface area contributed by atoms with Crippen molar-refractivity contribution in [2.24, 2.45) is 4.99 Å². The largest absolute Gasteiger partial charge is 0.352 e. The van der Waals surface area contributed by atoms with Crippen LogP contribution in [0.25, 0.3) is 0 Å². The molecule has 2 saturated heterocycles. The number of para-hydroxylation sites is 1. The minimum atomic E-state index is 0. The van der Waals surface area contributed by atoms with E-state index in [0.29, 0.717) is 31.9 Å². The SMILES string of the molecule is CN=C(NCc1ccc(N2CCCC2=O)cc1)NC1CC(=O)N(c2ccccc2)C1.I. The number of carbonyl (C=O) groups excluding carboxylic acids is 2. The summed E-state index contributed by atoms with van der Waals surface area (Å²) < 4.78 is 0. The molecule has 1 atom stereocenters. The van der Waals surface area contributed by atoms with Gasteiger partial charge in [0.1, 0.15) is 0 Å². The molecule has 2 fully saturated rings. The molecule has 0 bridgehead atoms. The molecule has 2 aromatic carbocycles. The highest BCUT2D eigenvalue weighted by atomic mass is 127. The number of aliphatic imine (C=N–C) groups is 1. The summed E-state index contributed by atoms with van der Waals surface area (Å²) in [6.45, 7) is 2.02. The van der Waals surface area contributed by atoms with Crippen LogP contribution in [0.15, 0.2) is 59.6 Å². The first-order valence-electron chi connectivity index (χ1n) is 10.4. The van der Waals surface area contributed by atoms with Crippen molar-refractivity contribution in [3.63, 3.8) is 0 Å². The van der Waals surface area contributed by atoms with Crippen LogP contribution >= 0.6 is 24.0 Å². The number of rotatable bonds is 5. The van der Waals surface area contributed by atoms with Gasteiger partial charge in [0.05, 0.1) is 6.04 Å². The van der Waals surface area contributed by atoms with Crippen molar-refractivity contribution in [1.82, 2.24) is 10.6 Å². The fourth-order valence-electron chi connectivity index (χ4n) is 3.95. The molecule has 0 radical (unpaired) electrons. The molecule has 0 spiro atoms. The van der Waals surface area contributed by atoms with Gasteiger partial charge >= 0.3 is 0 Å². The van der Waals surface area contributed by atoms with Crippen LogP contribution in [0.1, 0.15) is 24.8 Å². The fraction of sp³-hybridized carbons (Fsp3) is 0.348. The van der Waals surface area contributed by atoms with E-state index in [-0.39, 0.29) is 41.8 Å². The number of nitrogens with zero attached hydrogens (tertiary/aromatic N) is 3. The summed E-state index contributed by atoms with van der Waals surface area (Å²) in [5.74, 6) is 0.976. The Bertz CT molecular complexity index is 933. The van der Waals surface area contributed by atoms with Gasteiger partial charge in [-0.1, -0.05) is 30.3 Å². The Labute approximate surface area is 199 Å². The lowest BCUT2D eigenvalue weighted by molar-refractivity contribution is -0.117. The van der Waals surface area contributed by atoms with Gasteiger partial charge < -0.3 is 20.4 Å². The summed E-state index contributed by atoms with van der Waals surface area (Å²) in [6, 6.07) is 17.8. The minimum absolute atomic E-state index is 0. The first kappa shape index (κ1) is 23.1. The van der Waals surface area contributed by atoms with Crippen molar-refractivity contribution in [3.05, 3.63) is 60.2 Å². The maximum atomic E-state index is 12.4. The zero-order valence-corrected chi connectivity index (χ0v) is 19.9. The second kappa shape index (κ2) is 10.6. The van der Waals surface area contributed by atoms with E-state index in [1.165, 1.54) is 0 Å². The summed E-state index contributed by atoms with van der Waals surface area (Å²) in [5.41, 5.74) is 2.97. The van der Waals surface area contributed by atoms with Gasteiger partial charge in [-0.3, -0.25) is 14.6 Å². The molecule has 2 N–H and O–H groups in total. The van der Waals surface area contributed by atoms with Crippen LogP contribution in [0, 0.1) is 0 Å². The third kappa shape index (κ3) is 5.55. The van der Waals surface area contributed by atoms with Crippen LogP contribution in [0.4, 0.5) is 11.4 Å². The Morgan fingerprint density at radius 1 is 1.00 bits per heavy atom. The van der Waals surface area contributed by atoms with Crippen LogP contribution in [0.2, 0.25) is 0 Å². The summed E-state index contributed by atoms with van der Waals surface area (Å²) >= 11 is 0. The number of guanidine groups is 1. The Morgan fingerprint density at radius 3 is 2.35 bits per heavy atom. The summed E-state index contributed by atoms with van der Waals surface area (Å²) in [5, 5.41) is 6.66. The van der Waals surface area contributed by atoms with Crippen molar-refractivity contribution in [3.8, 4) is 0 Å². The number of hydrogen-bond acceptors (Lipinski definition) is 3. The molecule has 0 aliphatic carbocycles. The van der Waals surface area contributed by atoms with Gasteiger partial charge in [0.25, 0.3) is 0 Å². The molecule has 0 saturated carbocycles. The van der Waals surface area contributed by atoms with Crippen molar-refractivity contribution in [2.75, 3.05) is 29.9 Å². The third-order valence-electron chi connectivity index (χ3n) is 5.54. The molecule has 2 aliphatic heterocycles. The second-order valence-corrected chi connectivity index (χ2v) is 7.63. The Morgan fingerprint density at radius 2 is 1.71 bits per heavy atom. The molecule has 1 unspecified atom stereocenters. The van der Waals surface area contributed by atoms with Crippen LogP contribution in [0.5, 0.6) is 0 Å². The summed E-state index contributed by atoms with van der Waals surface area (Å²) in [4.78, 5) is 32.2. The quantitative estimate of drug-likeness (QED) is 0.352. The van der Waals surface area contributed by atoms with Gasteiger partial charge in [0.2, 0.25) is 11.8 Å². The molecule has 2 aliphatic rings. The van der Waals surface area contributed by atoms with Crippen molar-refractivity contribution in [1.29, 1.82) is 0 Å². The molecule has 2 aromatic rings. The van der Waals surface area contributed by atoms with E-state index >= 15 is 0 Å². The standard InChI is InChI=1S/C23H27N5O2.HI/c1-24-23(26-18-14-22(30)28(16-18)19-6-3-2-4-7-19)25-15-17-9-11-20(12-10-17)27-13-5-8-21(27)29;/h2-4,6-7,9-12,18H,5,8,13-16H2,1H3,(H2,24,25,26);1H. The molecular formula is C23H28IN5O2. The lowest BCUT2D eigenvalue weighted by Crippen LogP contribution is -2.44. The smallest absolute Gasteiger partial charge is 0.229 e. The monoisotopic (exact) mass is 533 g/mol. The van der Waals surface area contributed by atoms with E-state index in [2.05, 4.69) is 15.6 Å². The molecule has 0 aromatic heterocycles. The van der Waals surface area contributed by atoms with Gasteiger partial charge in [-0.05, 0) is 36.2 Å². The van der Waals surface area contributed by atoms with Crippen molar-refractivity contribution in [2.45, 2.75) is 31.8 Å². The molecule has 164 valence electrons. The average Bonchev–Trinajstić information content (AvgIpc) is 3.37. The highest BCUT2D eigenvalue weighted by molar-refractivity contribution is 14.0. The van der Waals surface area contributed by atoms with E-state index in [4.69, 9.17) is 0 Å². The lowest BCUT2D eigenvalue weighted by atomic mass is 10.2. The minimum Gasteiger partial charge on any atom is -0.352 e. The first-order valence-corrected chi connectivity index (χ1v) is 10.4. The number of carbonyl (C=O) groups is 2. The predicted molar refractivity (Wildman–Crippen MR) is 134 cm³/mol. The van der Waals surface area contributed by atoms with Gasteiger partial charge in [0, 0.05) is 50.9 Å². The van der Waals surface area contributed by atoms with E-state index < -0.39 is 0 Å². The highest BCUT2D eigenvalue weighted by Crippen LogP contribution is 2.22. The normalized spacial score (nSPS) is 18.9. The Hall–Kier alpha value is -2.62. The lowest BCUT2D eigenvalue weighted by Gasteiger charge is -2.19. The van der Waals surface area contributed by atoms with Gasteiger partial charge in [-0.25, -0.2) is 0 Å². The van der Waals surface area contributed by atoms with E-state index in [1.54, 1.807) is 7.05 Å². The van der Waals surface area contributed by atoms with Crippen LogP contribution in [-0.2, 0) is 16.1 Å². The Kier molecular flexibility index (Phi) is 7.89. The molecule has 7 nitrogen and oxygen atoms in total. The summed E-state index contributed by atoms with van der Waals surface area (Å²) in [6.07, 6.45) is 2.00. The molecule has 2 amide bonds. The maximum absolute atomic E-state index is 12.4. The zero-order chi connectivity index (χ0) is 20.9. The molecular weight excluding hydrogens is 505 g/mol. The number of nitrogens with one attached hydrogen (secondary N) is 2. The average molecular weight is 533 g/mol. The number of benzene rings is 2. The zero-order valence-electron chi connectivity index (χ0n) is 17.6. The fourth-order valence-corrected chi connectivity index (χ4v) is 3.95. The van der Waals surface area contributed by atoms with Gasteiger partial charge in [-0.2, -0.15) is 0 Å². The molecule has 8 heteroatoms. The number of hydrogen-bond donors (Lipinski definition) is 2. The van der Waals surface area contributed by atoms with Gasteiger partial charge in [-0.15, -0.1) is 24.0 Å².